The summed E-state index contributed by atoms with van der Waals surface area (Å²) in [7, 11) is 0. The van der Waals surface area contributed by atoms with E-state index in [1.165, 1.54) is 0 Å². The monoisotopic (exact) mass is 551 g/mol. The Hall–Kier alpha value is -3.42. The van der Waals surface area contributed by atoms with E-state index in [1.807, 2.05) is 60.7 Å². The van der Waals surface area contributed by atoms with Crippen molar-refractivity contribution in [3.8, 4) is 0 Å². The number of amidine groups is 1. The van der Waals surface area contributed by atoms with Gasteiger partial charge in [-0.2, -0.15) is 13.2 Å². The van der Waals surface area contributed by atoms with Gasteiger partial charge in [0.1, 0.15) is 0 Å². The van der Waals surface area contributed by atoms with Crippen LogP contribution in [0.25, 0.3) is 0 Å². The number of likely N-dealkylation sites (tertiary alicyclic amines) is 1. The predicted molar refractivity (Wildman–Crippen MR) is 148 cm³/mol. The van der Waals surface area contributed by atoms with Crippen LogP contribution in [0.1, 0.15) is 68.4 Å². The molecule has 0 aromatic heterocycles. The van der Waals surface area contributed by atoms with Crippen molar-refractivity contribution in [1.29, 1.82) is 0 Å². The fraction of sp³-hybridized carbons (Fsp3) is 0.469. The Kier molecular flexibility index (Phi) is 8.43. The molecule has 2 unspecified atom stereocenters. The fourth-order valence-electron chi connectivity index (χ4n) is 6.58. The van der Waals surface area contributed by atoms with Gasteiger partial charge in [0.05, 0.1) is 11.8 Å². The van der Waals surface area contributed by atoms with Crippen molar-refractivity contribution in [2.24, 2.45) is 28.5 Å². The molecule has 1 fully saturated rings. The number of hydrogen-bond acceptors (Lipinski definition) is 4. The minimum absolute atomic E-state index is 0.0241. The zero-order chi connectivity index (χ0) is 28.3. The first kappa shape index (κ1) is 28.1. The highest BCUT2D eigenvalue weighted by Gasteiger charge is 2.43. The van der Waals surface area contributed by atoms with Crippen molar-refractivity contribution < 1.29 is 22.8 Å². The molecular formula is C32H36F3N3O2. The lowest BCUT2D eigenvalue weighted by atomic mass is 9.74. The number of ketones is 1. The first-order valence-electron chi connectivity index (χ1n) is 14.3. The molecule has 2 N–H and O–H groups in total. The van der Waals surface area contributed by atoms with Crippen LogP contribution in [0.3, 0.4) is 0 Å². The van der Waals surface area contributed by atoms with E-state index in [4.69, 9.17) is 10.7 Å². The molecule has 5 rings (SSSR count). The van der Waals surface area contributed by atoms with Crippen LogP contribution in [0.15, 0.2) is 76.9 Å². The maximum Gasteiger partial charge on any atom is 0.391 e. The van der Waals surface area contributed by atoms with Crippen molar-refractivity contribution >= 4 is 17.5 Å². The Balaban J connectivity index is 1.42. The van der Waals surface area contributed by atoms with Gasteiger partial charge in [-0.3, -0.25) is 9.59 Å². The van der Waals surface area contributed by atoms with Gasteiger partial charge in [-0.15, -0.1) is 0 Å². The highest BCUT2D eigenvalue weighted by Crippen LogP contribution is 2.41. The summed E-state index contributed by atoms with van der Waals surface area (Å²) in [6.07, 6.45) is -1.05. The third-order valence-electron chi connectivity index (χ3n) is 8.70. The van der Waals surface area contributed by atoms with Crippen LogP contribution in [0.4, 0.5) is 13.2 Å². The number of amides is 1. The van der Waals surface area contributed by atoms with Gasteiger partial charge in [0.15, 0.2) is 5.78 Å². The number of allylic oxidation sites excluding steroid dienone is 2. The maximum absolute atomic E-state index is 14.3. The molecule has 2 aromatic carbocycles. The normalized spacial score (nSPS) is 23.2. The fourth-order valence-corrected chi connectivity index (χ4v) is 6.58. The Morgan fingerprint density at radius 1 is 0.900 bits per heavy atom. The summed E-state index contributed by atoms with van der Waals surface area (Å²) in [4.78, 5) is 34.1. The van der Waals surface area contributed by atoms with Gasteiger partial charge in [-0.05, 0) is 43.2 Å². The van der Waals surface area contributed by atoms with Crippen LogP contribution in [0, 0.1) is 17.8 Å². The summed E-state index contributed by atoms with van der Waals surface area (Å²) in [5.74, 6) is -2.15. The van der Waals surface area contributed by atoms with Gasteiger partial charge >= 0.3 is 6.18 Å². The third kappa shape index (κ3) is 6.16. The number of rotatable bonds is 4. The van der Waals surface area contributed by atoms with Crippen LogP contribution in [0.2, 0.25) is 0 Å². The number of aliphatic imine (C=N–C) groups is 1. The van der Waals surface area contributed by atoms with Gasteiger partial charge in [0, 0.05) is 55.0 Å². The minimum Gasteiger partial charge on any atom is -0.387 e. The summed E-state index contributed by atoms with van der Waals surface area (Å²) in [5.41, 5.74) is 9.75. The van der Waals surface area contributed by atoms with Crippen molar-refractivity contribution in [1.82, 2.24) is 4.90 Å². The first-order chi connectivity index (χ1) is 19.2. The largest absolute Gasteiger partial charge is 0.391 e. The molecule has 3 aliphatic rings. The van der Waals surface area contributed by atoms with Crippen LogP contribution in [0.5, 0.6) is 0 Å². The van der Waals surface area contributed by atoms with Crippen LogP contribution in [-0.2, 0) is 9.59 Å². The van der Waals surface area contributed by atoms with Crippen molar-refractivity contribution in [2.75, 3.05) is 13.1 Å². The zero-order valence-corrected chi connectivity index (χ0v) is 22.6. The van der Waals surface area contributed by atoms with Gasteiger partial charge in [0.25, 0.3) is 0 Å². The average Bonchev–Trinajstić information content (AvgIpc) is 3.04. The molecular weight excluding hydrogens is 515 g/mol. The molecule has 0 radical (unpaired) electrons. The molecule has 1 aliphatic carbocycles. The van der Waals surface area contributed by atoms with Crippen molar-refractivity contribution in [2.45, 2.75) is 63.5 Å². The summed E-state index contributed by atoms with van der Waals surface area (Å²) in [6, 6.07) is 19.9. The number of carbonyl (C=O) groups excluding carboxylic acids is 2. The Morgan fingerprint density at radius 3 is 2.08 bits per heavy atom. The molecule has 212 valence electrons. The molecule has 1 saturated heterocycles. The van der Waals surface area contributed by atoms with Crippen molar-refractivity contribution in [3.63, 3.8) is 0 Å². The number of benzene rings is 2. The molecule has 0 spiro atoms. The zero-order valence-electron chi connectivity index (χ0n) is 22.6. The highest BCUT2D eigenvalue weighted by atomic mass is 19.4. The molecule has 40 heavy (non-hydrogen) atoms. The number of nitrogens with zero attached hydrogens (tertiary/aromatic N) is 2. The lowest BCUT2D eigenvalue weighted by Gasteiger charge is -2.35. The van der Waals surface area contributed by atoms with E-state index in [9.17, 15) is 22.8 Å². The first-order valence-corrected chi connectivity index (χ1v) is 14.3. The lowest BCUT2D eigenvalue weighted by Crippen LogP contribution is -2.44. The second-order valence-electron chi connectivity index (χ2n) is 11.3. The Labute approximate surface area is 233 Å². The average molecular weight is 552 g/mol. The van der Waals surface area contributed by atoms with E-state index < -0.39 is 23.9 Å². The second kappa shape index (κ2) is 12.0. The van der Waals surface area contributed by atoms with E-state index in [1.54, 1.807) is 4.90 Å². The van der Waals surface area contributed by atoms with Crippen LogP contribution >= 0.6 is 0 Å². The quantitative estimate of drug-likeness (QED) is 0.478. The number of carbonyl (C=O) groups is 2. The molecule has 8 heteroatoms. The van der Waals surface area contributed by atoms with E-state index in [0.717, 1.165) is 24.0 Å². The number of nitrogens with two attached hydrogens (primary N) is 1. The van der Waals surface area contributed by atoms with Gasteiger partial charge < -0.3 is 10.6 Å². The third-order valence-corrected chi connectivity index (χ3v) is 8.70. The lowest BCUT2D eigenvalue weighted by molar-refractivity contribution is -0.187. The molecule has 2 aliphatic heterocycles. The number of piperidine rings is 1. The molecule has 2 atom stereocenters. The highest BCUT2D eigenvalue weighted by molar-refractivity contribution is 6.03. The summed E-state index contributed by atoms with van der Waals surface area (Å²) < 4.78 is 39.5. The summed E-state index contributed by atoms with van der Waals surface area (Å²) >= 11 is 0. The van der Waals surface area contributed by atoms with E-state index >= 15 is 0 Å². The minimum atomic E-state index is -4.23. The number of hydrogen-bond donors (Lipinski definition) is 1. The Morgan fingerprint density at radius 2 is 1.50 bits per heavy atom. The number of alkyl halides is 3. The molecule has 0 bridgehead atoms. The standard InChI is InChI=1S/C32H36F3N3O2/c33-32(34,35)24-15-17-38(18-16-24)31(40)23-13-7-8-14-25-27(19-23)37-28(36)20-26(30(25)39)29(21-9-3-1-4-10-21)22-11-5-2-6-12-22/h1-6,9-12,23-24,26,29H,7-8,13-20H2,(H2,36,37). The molecule has 5 nitrogen and oxygen atoms in total. The molecule has 1 amide bonds. The van der Waals surface area contributed by atoms with Crippen LogP contribution in [-0.4, -0.2) is 41.7 Å². The van der Waals surface area contributed by atoms with Gasteiger partial charge in [0.2, 0.25) is 5.91 Å². The van der Waals surface area contributed by atoms with Gasteiger partial charge in [-0.1, -0.05) is 67.1 Å². The van der Waals surface area contributed by atoms with Crippen molar-refractivity contribution in [3.05, 3.63) is 83.1 Å². The van der Waals surface area contributed by atoms with Gasteiger partial charge in [-0.25, -0.2) is 4.99 Å². The number of Topliss-reactive ketones (excluding diaryl/α,β-unsaturated/α-hetero) is 1. The number of halogens is 3. The predicted octanol–water partition coefficient (Wildman–Crippen LogP) is 6.40. The molecule has 2 heterocycles. The Bertz CT molecular complexity index is 1230. The molecule has 2 aromatic rings. The summed E-state index contributed by atoms with van der Waals surface area (Å²) in [5, 5.41) is 0. The molecule has 0 saturated carbocycles. The topological polar surface area (TPSA) is 75.8 Å². The summed E-state index contributed by atoms with van der Waals surface area (Å²) in [6.45, 7) is 0.210. The van der Waals surface area contributed by atoms with E-state index in [2.05, 4.69) is 0 Å². The van der Waals surface area contributed by atoms with Crippen LogP contribution < -0.4 is 5.73 Å². The SMILES string of the molecule is NC1=NC2=C(CCCCC(C(=O)N3CCC(C(F)(F)F)CC3)C2)C(=O)C(C(c2ccccc2)c2ccccc2)C1. The maximum atomic E-state index is 14.3. The second-order valence-corrected chi connectivity index (χ2v) is 11.3. The van der Waals surface area contributed by atoms with E-state index in [0.29, 0.717) is 36.4 Å². The smallest absolute Gasteiger partial charge is 0.387 e. The van der Waals surface area contributed by atoms with E-state index in [-0.39, 0.29) is 50.0 Å².